The fraction of sp³-hybridized carbons (Fsp3) is 0.0714. The number of nitrogens with zero attached hydrogens (tertiary/aromatic N) is 1. The van der Waals surface area contributed by atoms with E-state index in [1.807, 2.05) is 48.5 Å². The monoisotopic (exact) mass is 450 g/mol. The number of carbonyl (C=O) groups is 1. The largest absolute Gasteiger partial charge is 0.440 e. The van der Waals surface area contributed by atoms with Crippen molar-refractivity contribution < 1.29 is 18.7 Å². The van der Waals surface area contributed by atoms with Crippen LogP contribution in [0.25, 0.3) is 10.8 Å². The Kier molecular flexibility index (Phi) is 5.44. The number of esters is 1. The van der Waals surface area contributed by atoms with Gasteiger partial charge in [-0.05, 0) is 28.5 Å². The minimum absolute atomic E-state index is 0.0950. The molecule has 0 aromatic heterocycles. The average molecular weight is 450 g/mol. The fourth-order valence-electron chi connectivity index (χ4n) is 4.30. The van der Waals surface area contributed by atoms with Gasteiger partial charge in [0.15, 0.2) is 0 Å². The summed E-state index contributed by atoms with van der Waals surface area (Å²) in [4.78, 5) is 12.7. The van der Waals surface area contributed by atoms with Crippen LogP contribution in [0.5, 0.6) is 11.5 Å². The van der Waals surface area contributed by atoms with Crippen LogP contribution in [0.2, 0.25) is 0 Å². The normalized spacial score (nSPS) is 14.8. The molecule has 2 N–H and O–H groups in total. The number of hydrogen-bond donors (Lipinski definition) is 1. The van der Waals surface area contributed by atoms with Crippen molar-refractivity contribution in [3.8, 4) is 17.6 Å². The summed E-state index contributed by atoms with van der Waals surface area (Å²) in [5.41, 5.74) is 7.85. The number of benzene rings is 4. The molecular weight excluding hydrogens is 431 g/mol. The molecule has 0 saturated heterocycles. The topological polar surface area (TPSA) is 85.3 Å². The molecule has 1 atom stereocenters. The van der Waals surface area contributed by atoms with Crippen LogP contribution in [0.3, 0.4) is 0 Å². The molecule has 5 nitrogen and oxygen atoms in total. The second-order valence-corrected chi connectivity index (χ2v) is 7.94. The molecule has 4 aromatic rings. The summed E-state index contributed by atoms with van der Waals surface area (Å²) in [6.07, 6.45) is 0.0950. The van der Waals surface area contributed by atoms with E-state index in [4.69, 9.17) is 15.2 Å². The number of nitriles is 1. The van der Waals surface area contributed by atoms with Gasteiger partial charge in [-0.1, -0.05) is 66.7 Å². The smallest absolute Gasteiger partial charge is 0.315 e. The van der Waals surface area contributed by atoms with Gasteiger partial charge in [0.1, 0.15) is 29.0 Å². The van der Waals surface area contributed by atoms with E-state index >= 15 is 0 Å². The Morgan fingerprint density at radius 3 is 2.59 bits per heavy atom. The molecule has 34 heavy (non-hydrogen) atoms. The molecule has 0 spiro atoms. The second kappa shape index (κ2) is 8.72. The Bertz CT molecular complexity index is 1500. The maximum absolute atomic E-state index is 14.6. The first kappa shape index (κ1) is 21.2. The molecule has 4 aromatic carbocycles. The molecule has 1 heterocycles. The summed E-state index contributed by atoms with van der Waals surface area (Å²) in [6.45, 7) is 0. The molecule has 0 radical (unpaired) electrons. The van der Waals surface area contributed by atoms with Gasteiger partial charge in [0.2, 0.25) is 5.88 Å². The third-order valence-electron chi connectivity index (χ3n) is 5.85. The summed E-state index contributed by atoms with van der Waals surface area (Å²) in [6, 6.07) is 26.7. The number of nitrogens with two attached hydrogens (primary N) is 1. The van der Waals surface area contributed by atoms with E-state index in [-0.39, 0.29) is 23.6 Å². The molecule has 0 amide bonds. The van der Waals surface area contributed by atoms with E-state index < -0.39 is 17.7 Å². The number of hydrogen-bond acceptors (Lipinski definition) is 5. The number of allylic oxidation sites excluding steroid dienone is 1. The van der Waals surface area contributed by atoms with Crippen molar-refractivity contribution in [1.82, 2.24) is 0 Å². The quantitative estimate of drug-likeness (QED) is 0.335. The maximum atomic E-state index is 14.6. The lowest BCUT2D eigenvalue weighted by Crippen LogP contribution is -2.22. The summed E-state index contributed by atoms with van der Waals surface area (Å²) in [5.74, 6) is -1.15. The molecule has 1 aliphatic rings. The summed E-state index contributed by atoms with van der Waals surface area (Å²) < 4.78 is 25.8. The molecular formula is C28H19FN2O3. The highest BCUT2D eigenvalue weighted by atomic mass is 19.1. The van der Waals surface area contributed by atoms with E-state index in [1.54, 1.807) is 30.3 Å². The van der Waals surface area contributed by atoms with Gasteiger partial charge in [0.25, 0.3) is 0 Å². The van der Waals surface area contributed by atoms with Crippen LogP contribution in [0, 0.1) is 17.1 Å². The van der Waals surface area contributed by atoms with E-state index in [0.29, 0.717) is 16.9 Å². The lowest BCUT2D eigenvalue weighted by atomic mass is 9.83. The molecule has 0 bridgehead atoms. The lowest BCUT2D eigenvalue weighted by molar-refractivity contribution is -0.133. The van der Waals surface area contributed by atoms with Gasteiger partial charge in [-0.25, -0.2) is 4.39 Å². The van der Waals surface area contributed by atoms with Gasteiger partial charge >= 0.3 is 5.97 Å². The summed E-state index contributed by atoms with van der Waals surface area (Å²) in [7, 11) is 0. The predicted molar refractivity (Wildman–Crippen MR) is 125 cm³/mol. The minimum atomic E-state index is -0.726. The van der Waals surface area contributed by atoms with Crippen molar-refractivity contribution in [3.63, 3.8) is 0 Å². The Morgan fingerprint density at radius 2 is 1.76 bits per heavy atom. The van der Waals surface area contributed by atoms with Gasteiger partial charge < -0.3 is 15.2 Å². The molecule has 0 aliphatic carbocycles. The maximum Gasteiger partial charge on any atom is 0.315 e. The first-order valence-electron chi connectivity index (χ1n) is 10.7. The van der Waals surface area contributed by atoms with Gasteiger partial charge in [-0.3, -0.25) is 4.79 Å². The minimum Gasteiger partial charge on any atom is -0.440 e. The van der Waals surface area contributed by atoms with E-state index in [9.17, 15) is 14.4 Å². The molecule has 6 heteroatoms. The van der Waals surface area contributed by atoms with Gasteiger partial charge in [0, 0.05) is 17.2 Å². The molecule has 0 fully saturated rings. The molecule has 5 rings (SSSR count). The molecule has 1 unspecified atom stereocenters. The number of fused-ring (bicyclic) bond motifs is 2. The zero-order valence-corrected chi connectivity index (χ0v) is 18.0. The Morgan fingerprint density at radius 1 is 1.00 bits per heavy atom. The second-order valence-electron chi connectivity index (χ2n) is 7.94. The van der Waals surface area contributed by atoms with E-state index in [2.05, 4.69) is 0 Å². The van der Waals surface area contributed by atoms with Crippen molar-refractivity contribution in [2.45, 2.75) is 12.3 Å². The standard InChI is InChI=1S/C28H19FN2O3/c29-24-11-4-3-10-21(24)27-22-13-12-19(15-25(22)34-28(31)23(27)16-30)33-26(32)14-18-8-5-7-17-6-1-2-9-20(17)18/h1-13,15,27H,14,31H2. The third-order valence-corrected chi connectivity index (χ3v) is 5.85. The fourth-order valence-corrected chi connectivity index (χ4v) is 4.30. The van der Waals surface area contributed by atoms with Crippen LogP contribution in [0.15, 0.2) is 96.4 Å². The summed E-state index contributed by atoms with van der Waals surface area (Å²) in [5, 5.41) is 11.7. The van der Waals surface area contributed by atoms with Crippen LogP contribution in [-0.4, -0.2) is 5.97 Å². The van der Waals surface area contributed by atoms with Gasteiger partial charge in [-0.15, -0.1) is 0 Å². The van der Waals surface area contributed by atoms with Crippen LogP contribution < -0.4 is 15.2 Å². The number of ether oxygens (including phenoxy) is 2. The Labute approximate surface area is 195 Å². The van der Waals surface area contributed by atoms with Crippen molar-refractivity contribution in [3.05, 3.63) is 119 Å². The van der Waals surface area contributed by atoms with Crippen molar-refractivity contribution in [1.29, 1.82) is 5.26 Å². The number of rotatable bonds is 4. The Balaban J connectivity index is 1.44. The number of carbonyl (C=O) groups excluding carboxylic acids is 1. The van der Waals surface area contributed by atoms with Crippen LogP contribution in [0.4, 0.5) is 4.39 Å². The van der Waals surface area contributed by atoms with Crippen LogP contribution in [-0.2, 0) is 11.2 Å². The zero-order chi connectivity index (χ0) is 23.7. The van der Waals surface area contributed by atoms with Crippen LogP contribution in [0.1, 0.15) is 22.6 Å². The Hall–Kier alpha value is -4.63. The average Bonchev–Trinajstić information content (AvgIpc) is 2.84. The highest BCUT2D eigenvalue weighted by Crippen LogP contribution is 2.44. The van der Waals surface area contributed by atoms with E-state index in [0.717, 1.165) is 16.3 Å². The molecule has 0 saturated carbocycles. The molecule has 1 aliphatic heterocycles. The highest BCUT2D eigenvalue weighted by Gasteiger charge is 2.32. The SMILES string of the molecule is N#CC1=C(N)Oc2cc(OC(=O)Cc3cccc4ccccc34)ccc2C1c1ccccc1F. The zero-order valence-electron chi connectivity index (χ0n) is 18.0. The lowest BCUT2D eigenvalue weighted by Gasteiger charge is -2.27. The van der Waals surface area contributed by atoms with Crippen molar-refractivity contribution in [2.75, 3.05) is 0 Å². The first-order chi connectivity index (χ1) is 16.5. The number of halogens is 1. The predicted octanol–water partition coefficient (Wildman–Crippen LogP) is 5.35. The van der Waals surface area contributed by atoms with Crippen molar-refractivity contribution >= 4 is 16.7 Å². The first-order valence-corrected chi connectivity index (χ1v) is 10.7. The van der Waals surface area contributed by atoms with Gasteiger partial charge in [-0.2, -0.15) is 5.26 Å². The molecule has 166 valence electrons. The third kappa shape index (κ3) is 3.84. The van der Waals surface area contributed by atoms with Gasteiger partial charge in [0.05, 0.1) is 12.3 Å². The van der Waals surface area contributed by atoms with Crippen molar-refractivity contribution in [2.24, 2.45) is 5.73 Å². The van der Waals surface area contributed by atoms with E-state index in [1.165, 1.54) is 12.1 Å². The van der Waals surface area contributed by atoms with Crippen LogP contribution >= 0.6 is 0 Å². The highest BCUT2D eigenvalue weighted by molar-refractivity contribution is 5.89. The summed E-state index contributed by atoms with van der Waals surface area (Å²) >= 11 is 0.